The number of thioether (sulfide) groups is 1. The molecule has 4 rings (SSSR count). The van der Waals surface area contributed by atoms with Crippen molar-refractivity contribution in [2.45, 2.75) is 25.5 Å². The number of hydrogen-bond donors (Lipinski definition) is 1. The number of rotatable bonds is 5. The molecule has 1 saturated heterocycles. The van der Waals surface area contributed by atoms with E-state index in [1.54, 1.807) is 6.07 Å². The first-order valence-corrected chi connectivity index (χ1v) is 11.0. The highest BCUT2D eigenvalue weighted by Gasteiger charge is 2.17. The lowest BCUT2D eigenvalue weighted by Crippen LogP contribution is -2.25. The minimum Gasteiger partial charge on any atom is -0.391 e. The molecule has 2 N–H and O–H groups in total. The van der Waals surface area contributed by atoms with Gasteiger partial charge in [0.2, 0.25) is 0 Å². The molecule has 1 aromatic carbocycles. The van der Waals surface area contributed by atoms with Gasteiger partial charge in [0.15, 0.2) is 18.2 Å². The van der Waals surface area contributed by atoms with Crippen molar-refractivity contribution in [3.05, 3.63) is 64.8 Å². The number of aromatic nitrogens is 2. The third-order valence-electron chi connectivity index (χ3n) is 5.08. The summed E-state index contributed by atoms with van der Waals surface area (Å²) in [5.74, 6) is 1.83. The molecule has 1 aliphatic heterocycles. The Labute approximate surface area is 178 Å². The Morgan fingerprint density at radius 2 is 2.17 bits per heavy atom. The fourth-order valence-electron chi connectivity index (χ4n) is 3.43. The van der Waals surface area contributed by atoms with E-state index in [1.165, 1.54) is 6.07 Å². The lowest BCUT2D eigenvalue weighted by Gasteiger charge is -2.19. The highest BCUT2D eigenvalue weighted by atomic mass is 35.5. The zero-order chi connectivity index (χ0) is 20.4. The van der Waals surface area contributed by atoms with Crippen molar-refractivity contribution >= 4 is 40.1 Å². The second-order valence-corrected chi connectivity index (χ2v) is 8.84. The van der Waals surface area contributed by atoms with Crippen LogP contribution in [0.1, 0.15) is 24.0 Å². The summed E-state index contributed by atoms with van der Waals surface area (Å²) >= 11 is 8.32. The maximum absolute atomic E-state index is 14.9. The van der Waals surface area contributed by atoms with Gasteiger partial charge in [-0.25, -0.2) is 8.96 Å². The number of nitrogens with zero attached hydrogens (tertiary/aromatic N) is 3. The molecule has 1 aliphatic rings. The molecule has 0 saturated carbocycles. The Kier molecular flexibility index (Phi) is 5.96. The van der Waals surface area contributed by atoms with Crippen LogP contribution in [0.4, 0.5) is 4.39 Å². The van der Waals surface area contributed by atoms with E-state index in [0.29, 0.717) is 22.7 Å². The largest absolute Gasteiger partial charge is 0.391 e. The summed E-state index contributed by atoms with van der Waals surface area (Å²) in [5, 5.41) is 5.40. The van der Waals surface area contributed by atoms with Crippen LogP contribution >= 0.6 is 23.4 Å². The molecule has 0 aliphatic carbocycles. The normalized spacial score (nSPS) is 15.8. The van der Waals surface area contributed by atoms with Crippen LogP contribution in [0, 0.1) is 5.82 Å². The molecule has 0 spiro atoms. The van der Waals surface area contributed by atoms with Crippen molar-refractivity contribution in [1.82, 2.24) is 4.57 Å². The number of amidine groups is 1. The zero-order valence-electron chi connectivity index (χ0n) is 16.1. The van der Waals surface area contributed by atoms with Gasteiger partial charge in [-0.3, -0.25) is 0 Å². The summed E-state index contributed by atoms with van der Waals surface area (Å²) in [6, 6.07) is 7.01. The fourth-order valence-corrected chi connectivity index (χ4v) is 4.76. The van der Waals surface area contributed by atoms with Gasteiger partial charge in [0, 0.05) is 28.4 Å². The molecule has 0 unspecified atom stereocenters. The molecule has 0 amide bonds. The highest BCUT2D eigenvalue weighted by Crippen LogP contribution is 2.25. The second kappa shape index (κ2) is 8.63. The maximum Gasteiger partial charge on any atom is 0.177 e. The second-order valence-electron chi connectivity index (χ2n) is 7.21. The van der Waals surface area contributed by atoms with E-state index >= 15 is 0 Å². The first-order chi connectivity index (χ1) is 14.0. The molecule has 0 bridgehead atoms. The number of benzene rings is 1. The van der Waals surface area contributed by atoms with Crippen LogP contribution in [-0.4, -0.2) is 28.0 Å². The van der Waals surface area contributed by atoms with E-state index in [4.69, 9.17) is 22.2 Å². The number of oxime groups is 1. The standard InChI is InChI=1S/C21H23ClFN4OS/c1-26-6-3-20-14(12-26)2-7-27(20)13-17-18(22)10-15(11-19(17)23)21(24)25-28-16-4-8-29-9-5-16/h2-3,6-7,10-12,16H,4-5,8-9,13H2,1H3,(H2,24,25)/q+1. The molecule has 3 heterocycles. The van der Waals surface area contributed by atoms with Crippen molar-refractivity contribution in [3.63, 3.8) is 0 Å². The summed E-state index contributed by atoms with van der Waals surface area (Å²) in [6.45, 7) is 0.329. The quantitative estimate of drug-likeness (QED) is 0.288. The van der Waals surface area contributed by atoms with Gasteiger partial charge in [-0.05, 0) is 42.5 Å². The summed E-state index contributed by atoms with van der Waals surface area (Å²) in [5.41, 5.74) is 7.87. The van der Waals surface area contributed by atoms with E-state index in [1.807, 2.05) is 58.7 Å². The Morgan fingerprint density at radius 1 is 1.38 bits per heavy atom. The van der Waals surface area contributed by atoms with E-state index in [-0.39, 0.29) is 11.9 Å². The lowest BCUT2D eigenvalue weighted by molar-refractivity contribution is -0.670. The number of fused-ring (bicyclic) bond motifs is 1. The third-order valence-corrected chi connectivity index (χ3v) is 6.47. The topological polar surface area (TPSA) is 56.4 Å². The first-order valence-electron chi connectivity index (χ1n) is 9.50. The summed E-state index contributed by atoms with van der Waals surface area (Å²) in [7, 11) is 1.97. The van der Waals surface area contributed by atoms with Gasteiger partial charge < -0.3 is 15.1 Å². The van der Waals surface area contributed by atoms with Gasteiger partial charge in [0.25, 0.3) is 0 Å². The Bertz CT molecular complexity index is 1040. The Hall–Kier alpha value is -2.25. The molecular weight excluding hydrogens is 411 g/mol. The van der Waals surface area contributed by atoms with Crippen LogP contribution < -0.4 is 10.3 Å². The number of halogens is 2. The minimum absolute atomic E-state index is 0.0678. The number of hydrogen-bond acceptors (Lipinski definition) is 3. The predicted octanol–water partition coefficient (Wildman–Crippen LogP) is 3.84. The maximum atomic E-state index is 14.9. The molecular formula is C21H23ClFN4OS+. The van der Waals surface area contributed by atoms with Gasteiger partial charge in [-0.15, -0.1) is 0 Å². The summed E-state index contributed by atoms with van der Waals surface area (Å²) in [4.78, 5) is 5.53. The minimum atomic E-state index is -0.414. The zero-order valence-corrected chi connectivity index (χ0v) is 17.7. The monoisotopic (exact) mass is 433 g/mol. The average molecular weight is 434 g/mol. The van der Waals surface area contributed by atoms with Gasteiger partial charge in [-0.2, -0.15) is 11.8 Å². The van der Waals surface area contributed by atoms with Gasteiger partial charge in [-0.1, -0.05) is 16.8 Å². The molecule has 8 heteroatoms. The number of aryl methyl sites for hydroxylation is 1. The van der Waals surface area contributed by atoms with E-state index < -0.39 is 5.82 Å². The lowest BCUT2D eigenvalue weighted by atomic mass is 10.1. The number of nitrogens with two attached hydrogens (primary N) is 1. The van der Waals surface area contributed by atoms with Crippen molar-refractivity contribution in [1.29, 1.82) is 0 Å². The van der Waals surface area contributed by atoms with E-state index in [2.05, 4.69) is 5.16 Å². The van der Waals surface area contributed by atoms with Crippen LogP contribution in [-0.2, 0) is 18.4 Å². The van der Waals surface area contributed by atoms with Crippen molar-refractivity contribution < 1.29 is 13.8 Å². The highest BCUT2D eigenvalue weighted by molar-refractivity contribution is 7.99. The van der Waals surface area contributed by atoms with Gasteiger partial charge in [0.05, 0.1) is 17.4 Å². The molecule has 1 fully saturated rings. The molecule has 3 aromatic rings. The van der Waals surface area contributed by atoms with E-state index in [9.17, 15) is 4.39 Å². The van der Waals surface area contributed by atoms with Crippen LogP contribution in [0.5, 0.6) is 0 Å². The van der Waals surface area contributed by atoms with Gasteiger partial charge in [0.1, 0.15) is 19.0 Å². The molecule has 5 nitrogen and oxygen atoms in total. The van der Waals surface area contributed by atoms with Crippen LogP contribution in [0.15, 0.2) is 48.0 Å². The molecule has 0 radical (unpaired) electrons. The summed E-state index contributed by atoms with van der Waals surface area (Å²) < 4.78 is 18.8. The third kappa shape index (κ3) is 4.51. The van der Waals surface area contributed by atoms with Gasteiger partial charge >= 0.3 is 0 Å². The number of pyridine rings is 1. The Balaban J connectivity index is 1.54. The van der Waals surface area contributed by atoms with Crippen LogP contribution in [0.3, 0.4) is 0 Å². The fraction of sp³-hybridized carbons (Fsp3) is 0.333. The summed E-state index contributed by atoms with van der Waals surface area (Å²) in [6.07, 6.45) is 7.87. The first kappa shape index (κ1) is 20.0. The SMILES string of the molecule is C[n+]1ccc2c(ccn2Cc2c(F)cc(C(N)=NOC3CCSCC3)cc2Cl)c1. The van der Waals surface area contributed by atoms with E-state index in [0.717, 1.165) is 35.3 Å². The molecule has 0 atom stereocenters. The Morgan fingerprint density at radius 3 is 2.93 bits per heavy atom. The predicted molar refractivity (Wildman–Crippen MR) is 116 cm³/mol. The van der Waals surface area contributed by atoms with Crippen LogP contribution in [0.25, 0.3) is 10.9 Å². The van der Waals surface area contributed by atoms with Crippen molar-refractivity contribution in [3.8, 4) is 0 Å². The molecule has 2 aromatic heterocycles. The molecule has 152 valence electrons. The average Bonchev–Trinajstić information content (AvgIpc) is 3.11. The van der Waals surface area contributed by atoms with Crippen molar-refractivity contribution in [2.24, 2.45) is 17.9 Å². The van der Waals surface area contributed by atoms with Crippen LogP contribution in [0.2, 0.25) is 5.02 Å². The van der Waals surface area contributed by atoms with Crippen molar-refractivity contribution in [2.75, 3.05) is 11.5 Å². The molecule has 29 heavy (non-hydrogen) atoms. The smallest absolute Gasteiger partial charge is 0.177 e.